The van der Waals surface area contributed by atoms with Crippen molar-refractivity contribution < 1.29 is 4.79 Å². The Bertz CT molecular complexity index is 313. The van der Waals surface area contributed by atoms with E-state index in [4.69, 9.17) is 0 Å². The van der Waals surface area contributed by atoms with Gasteiger partial charge in [-0.15, -0.1) is 0 Å². The van der Waals surface area contributed by atoms with Crippen molar-refractivity contribution in [2.75, 3.05) is 0 Å². The molecule has 1 heterocycles. The molecule has 0 fully saturated rings. The van der Waals surface area contributed by atoms with E-state index in [1.54, 1.807) is 6.07 Å². The zero-order valence-corrected chi connectivity index (χ0v) is 6.72. The van der Waals surface area contributed by atoms with Crippen LogP contribution >= 0.6 is 8.86 Å². The lowest BCUT2D eigenvalue weighted by Crippen LogP contribution is -2.18. The van der Waals surface area contributed by atoms with E-state index in [2.05, 4.69) is 14.2 Å². The molecule has 0 aliphatic carbocycles. The molecule has 0 spiro atoms. The van der Waals surface area contributed by atoms with Crippen LogP contribution in [-0.4, -0.2) is 11.3 Å². The Morgan fingerprint density at radius 2 is 1.82 bits per heavy atom. The lowest BCUT2D eigenvalue weighted by Gasteiger charge is -1.91. The highest BCUT2D eigenvalue weighted by molar-refractivity contribution is 7.22. The topological polar surface area (TPSA) is 29.1 Å². The van der Waals surface area contributed by atoms with E-state index in [-0.39, 0.29) is 5.91 Å². The first-order valence-corrected chi connectivity index (χ1v) is 3.78. The van der Waals surface area contributed by atoms with Gasteiger partial charge in [0.15, 0.2) is 0 Å². The summed E-state index contributed by atoms with van der Waals surface area (Å²) in [7, 11) is 3.31. The first-order valence-electron chi connectivity index (χ1n) is 3.28. The summed E-state index contributed by atoms with van der Waals surface area (Å²) in [5.74, 6) is -0.0365. The van der Waals surface area contributed by atoms with E-state index in [0.717, 1.165) is 16.5 Å². The molecule has 0 saturated carbocycles. The van der Waals surface area contributed by atoms with E-state index >= 15 is 0 Å². The fourth-order valence-corrected chi connectivity index (χ4v) is 1.48. The monoisotopic (exact) mass is 163 g/mol. The molecular formula is C8H6NOP. The molecule has 0 unspecified atom stereocenters. The van der Waals surface area contributed by atoms with Crippen molar-refractivity contribution in [3.63, 3.8) is 0 Å². The maximum absolute atomic E-state index is 11.1. The predicted octanol–water partition coefficient (Wildman–Crippen LogP) is 1.05. The summed E-state index contributed by atoms with van der Waals surface area (Å²) in [5, 5.41) is 2.67. The van der Waals surface area contributed by atoms with Crippen LogP contribution in [0.2, 0.25) is 0 Å². The number of fused-ring (bicyclic) bond motifs is 1. The summed E-state index contributed by atoms with van der Waals surface area (Å²) >= 11 is 0. The molecule has 2 rings (SSSR count). The van der Waals surface area contributed by atoms with Crippen LogP contribution in [0.15, 0.2) is 24.3 Å². The van der Waals surface area contributed by atoms with Crippen LogP contribution in [0, 0.1) is 0 Å². The molecule has 0 radical (unpaired) electrons. The first-order chi connectivity index (χ1) is 5.29. The normalized spacial score (nSPS) is 14.5. The minimum absolute atomic E-state index is 0.0365. The standard InChI is InChI=1S/C8H6NOP/c10-7-5-3-1-2-4-6(5)8(11)9-7/h1-4,11H,(H,9,10). The van der Waals surface area contributed by atoms with Gasteiger partial charge in [-0.1, -0.05) is 27.1 Å². The Labute approximate surface area is 66.5 Å². The van der Waals surface area contributed by atoms with Gasteiger partial charge in [0.05, 0.1) is 5.42 Å². The van der Waals surface area contributed by atoms with E-state index in [9.17, 15) is 4.79 Å². The summed E-state index contributed by atoms with van der Waals surface area (Å²) in [6.45, 7) is 0. The van der Waals surface area contributed by atoms with Crippen molar-refractivity contribution in [1.29, 1.82) is 0 Å². The van der Waals surface area contributed by atoms with Crippen LogP contribution < -0.4 is 5.32 Å². The van der Waals surface area contributed by atoms with Gasteiger partial charge in [-0.2, -0.15) is 0 Å². The fourth-order valence-electron chi connectivity index (χ4n) is 1.15. The average Bonchev–Trinajstić information content (AvgIpc) is 2.30. The highest BCUT2D eigenvalue weighted by atomic mass is 31.0. The molecule has 1 aliphatic rings. The van der Waals surface area contributed by atoms with Crippen LogP contribution in [0.3, 0.4) is 0 Å². The Morgan fingerprint density at radius 3 is 2.45 bits per heavy atom. The number of nitrogens with one attached hydrogen (secondary N) is 1. The van der Waals surface area contributed by atoms with Crippen molar-refractivity contribution >= 4 is 20.2 Å². The van der Waals surface area contributed by atoms with E-state index < -0.39 is 0 Å². The maximum Gasteiger partial charge on any atom is 0.256 e. The largest absolute Gasteiger partial charge is 0.318 e. The number of hydrogen-bond donors (Lipinski definition) is 1. The SMILES string of the molecule is O=C1NC(=P)c2ccccc21. The van der Waals surface area contributed by atoms with Gasteiger partial charge < -0.3 is 5.32 Å². The van der Waals surface area contributed by atoms with Gasteiger partial charge in [0, 0.05) is 11.1 Å². The molecule has 0 atom stereocenters. The predicted molar refractivity (Wildman–Crippen MR) is 46.3 cm³/mol. The highest BCUT2D eigenvalue weighted by Crippen LogP contribution is 2.15. The third-order valence-electron chi connectivity index (χ3n) is 1.68. The quantitative estimate of drug-likeness (QED) is 0.569. The number of amides is 1. The summed E-state index contributed by atoms with van der Waals surface area (Å²) in [5.41, 5.74) is 2.43. The average molecular weight is 163 g/mol. The molecule has 1 aliphatic heterocycles. The molecule has 54 valence electrons. The lowest BCUT2D eigenvalue weighted by molar-refractivity contribution is 0.0984. The molecule has 11 heavy (non-hydrogen) atoms. The Kier molecular flexibility index (Phi) is 1.30. The van der Waals surface area contributed by atoms with Gasteiger partial charge in [0.25, 0.3) is 5.91 Å². The smallest absolute Gasteiger partial charge is 0.256 e. The third kappa shape index (κ3) is 0.873. The van der Waals surface area contributed by atoms with E-state index in [1.807, 2.05) is 18.2 Å². The Hall–Kier alpha value is -1.14. The Balaban J connectivity index is 2.69. The van der Waals surface area contributed by atoms with Gasteiger partial charge in [-0.25, -0.2) is 0 Å². The fraction of sp³-hybridized carbons (Fsp3) is 0. The second kappa shape index (κ2) is 2.18. The minimum Gasteiger partial charge on any atom is -0.318 e. The third-order valence-corrected chi connectivity index (χ3v) is 2.07. The van der Waals surface area contributed by atoms with Crippen molar-refractivity contribution in [3.05, 3.63) is 35.4 Å². The van der Waals surface area contributed by atoms with Crippen molar-refractivity contribution in [2.24, 2.45) is 0 Å². The van der Waals surface area contributed by atoms with Crippen molar-refractivity contribution in [3.8, 4) is 0 Å². The summed E-state index contributed by atoms with van der Waals surface area (Å²) < 4.78 is 0. The zero-order chi connectivity index (χ0) is 7.84. The molecule has 0 aromatic heterocycles. The maximum atomic E-state index is 11.1. The molecule has 1 amide bonds. The Morgan fingerprint density at radius 1 is 1.18 bits per heavy atom. The number of hydrogen-bond acceptors (Lipinski definition) is 1. The van der Waals surface area contributed by atoms with Crippen LogP contribution in [0.4, 0.5) is 0 Å². The highest BCUT2D eigenvalue weighted by Gasteiger charge is 2.20. The second-order valence-corrected chi connectivity index (χ2v) is 2.87. The first kappa shape index (κ1) is 6.56. The van der Waals surface area contributed by atoms with Gasteiger partial charge in [-0.3, -0.25) is 4.79 Å². The molecule has 1 aromatic carbocycles. The van der Waals surface area contributed by atoms with Crippen LogP contribution in [0.25, 0.3) is 0 Å². The van der Waals surface area contributed by atoms with Gasteiger partial charge in [-0.05, 0) is 6.07 Å². The van der Waals surface area contributed by atoms with Crippen LogP contribution in [0.1, 0.15) is 15.9 Å². The minimum atomic E-state index is -0.0365. The number of benzene rings is 1. The van der Waals surface area contributed by atoms with Crippen molar-refractivity contribution in [2.45, 2.75) is 0 Å². The van der Waals surface area contributed by atoms with Crippen LogP contribution in [-0.2, 0) is 0 Å². The summed E-state index contributed by atoms with van der Waals surface area (Å²) in [6.07, 6.45) is 0. The summed E-state index contributed by atoms with van der Waals surface area (Å²) in [4.78, 5) is 11.1. The van der Waals surface area contributed by atoms with Gasteiger partial charge in [0.2, 0.25) is 0 Å². The molecular weight excluding hydrogens is 157 g/mol. The van der Waals surface area contributed by atoms with E-state index in [1.165, 1.54) is 0 Å². The summed E-state index contributed by atoms with van der Waals surface area (Å²) in [6, 6.07) is 7.45. The van der Waals surface area contributed by atoms with Crippen molar-refractivity contribution in [1.82, 2.24) is 5.32 Å². The molecule has 1 aromatic rings. The second-order valence-electron chi connectivity index (χ2n) is 2.37. The molecule has 2 nitrogen and oxygen atoms in total. The zero-order valence-electron chi connectivity index (χ0n) is 5.72. The number of rotatable bonds is 0. The van der Waals surface area contributed by atoms with Crippen LogP contribution in [0.5, 0.6) is 0 Å². The molecule has 0 saturated heterocycles. The number of carbonyl (C=O) groups excluding carboxylic acids is 1. The van der Waals surface area contributed by atoms with Gasteiger partial charge >= 0.3 is 0 Å². The molecule has 0 bridgehead atoms. The lowest BCUT2D eigenvalue weighted by atomic mass is 10.1. The van der Waals surface area contributed by atoms with Gasteiger partial charge in [0.1, 0.15) is 0 Å². The van der Waals surface area contributed by atoms with E-state index in [0.29, 0.717) is 0 Å². The molecule has 1 N–H and O–H groups in total. The number of carbonyl (C=O) groups is 1. The molecule has 3 heteroatoms.